The van der Waals surface area contributed by atoms with Crippen LogP contribution < -0.4 is 0 Å². The Morgan fingerprint density at radius 2 is 1.94 bits per heavy atom. The molecule has 1 nitrogen and oxygen atoms in total. The number of hydrogen-bond acceptors (Lipinski definition) is 1. The van der Waals surface area contributed by atoms with Crippen molar-refractivity contribution in [3.05, 3.63) is 12.8 Å². The molecule has 3 unspecified atom stereocenters. The van der Waals surface area contributed by atoms with Gasteiger partial charge in [-0.2, -0.15) is 13.2 Å². The van der Waals surface area contributed by atoms with Crippen molar-refractivity contribution in [2.75, 3.05) is 7.11 Å². The van der Waals surface area contributed by atoms with E-state index < -0.39 is 11.6 Å². The molecule has 16 heavy (non-hydrogen) atoms. The number of methoxy groups -OCH3 is 1. The Kier molecular flexibility index (Phi) is 3.92. The minimum atomic E-state index is -3.98. The lowest BCUT2D eigenvalue weighted by molar-refractivity contribution is -0.234. The summed E-state index contributed by atoms with van der Waals surface area (Å²) in [5.74, 6) is 0.282. The van der Waals surface area contributed by atoms with Gasteiger partial charge >= 0.3 is 6.18 Å². The lowest BCUT2D eigenvalue weighted by Crippen LogP contribution is -2.39. The molecule has 0 spiro atoms. The second-order valence-electron chi connectivity index (χ2n) is 4.90. The highest BCUT2D eigenvalue weighted by Crippen LogP contribution is 2.62. The van der Waals surface area contributed by atoms with Crippen LogP contribution in [0, 0.1) is 17.3 Å². The average Bonchev–Trinajstić information content (AvgIpc) is 2.77. The highest BCUT2D eigenvalue weighted by atomic mass is 19.4. The minimum absolute atomic E-state index is 0.0810. The summed E-state index contributed by atoms with van der Waals surface area (Å²) in [6.07, 6.45) is 0.404. The number of hydrogen-bond donors (Lipinski definition) is 0. The molecule has 0 amide bonds. The normalized spacial score (nSPS) is 36.6. The van der Waals surface area contributed by atoms with Crippen molar-refractivity contribution in [2.45, 2.75) is 38.8 Å². The Hall–Kier alpha value is -0.670. The number of halogens is 3. The van der Waals surface area contributed by atoms with Crippen LogP contribution in [0.25, 0.3) is 0 Å². The molecule has 94 valence electrons. The smallest absolute Gasteiger partial charge is 0.394 e. The van der Waals surface area contributed by atoms with Crippen LogP contribution in [0.3, 0.4) is 0 Å². The largest absolute Gasteiger partial charge is 0.505 e. The second-order valence-corrected chi connectivity index (χ2v) is 4.90. The van der Waals surface area contributed by atoms with E-state index in [2.05, 4.69) is 11.3 Å². The van der Waals surface area contributed by atoms with Gasteiger partial charge in [0.2, 0.25) is 0 Å². The van der Waals surface area contributed by atoms with Gasteiger partial charge in [-0.25, -0.2) is 0 Å². The molecular formula is C12H19F3O. The maximum atomic E-state index is 12.6. The summed E-state index contributed by atoms with van der Waals surface area (Å²) in [6, 6.07) is 0. The van der Waals surface area contributed by atoms with E-state index >= 15 is 0 Å². The first-order valence-electron chi connectivity index (χ1n) is 5.55. The monoisotopic (exact) mass is 236 g/mol. The Bertz CT molecular complexity index is 249. The predicted octanol–water partition coefficient (Wildman–Crippen LogP) is 4.15. The van der Waals surface area contributed by atoms with Gasteiger partial charge < -0.3 is 4.74 Å². The summed E-state index contributed by atoms with van der Waals surface area (Å²) in [4.78, 5) is 0. The van der Waals surface area contributed by atoms with Crippen molar-refractivity contribution in [1.29, 1.82) is 0 Å². The van der Waals surface area contributed by atoms with E-state index in [0.717, 1.165) is 19.3 Å². The molecule has 3 atom stereocenters. The summed E-state index contributed by atoms with van der Waals surface area (Å²) in [5.41, 5.74) is -1.35. The quantitative estimate of drug-likeness (QED) is 0.621. The standard InChI is InChI=1S/C9H13F3.C3H6O/c1-8(9(10,11)12)5-6-2-3-7(8)4-6;1-3-4-2/h6-7H,2-5H2,1H3;3H,1H2,2H3. The SMILES string of the molecule is C=COC.CC1(C(F)(F)F)CC2CCC1C2. The molecule has 0 N–H and O–H groups in total. The van der Waals surface area contributed by atoms with Gasteiger partial charge in [0.15, 0.2) is 0 Å². The average molecular weight is 236 g/mol. The van der Waals surface area contributed by atoms with Crippen molar-refractivity contribution in [3.8, 4) is 0 Å². The van der Waals surface area contributed by atoms with E-state index in [9.17, 15) is 13.2 Å². The van der Waals surface area contributed by atoms with E-state index in [1.54, 1.807) is 7.11 Å². The third kappa shape index (κ3) is 2.36. The Labute approximate surface area is 94.7 Å². The van der Waals surface area contributed by atoms with Gasteiger partial charge in [0.05, 0.1) is 18.8 Å². The Morgan fingerprint density at radius 3 is 2.12 bits per heavy atom. The number of rotatable bonds is 1. The van der Waals surface area contributed by atoms with Crippen LogP contribution in [0.15, 0.2) is 12.8 Å². The number of fused-ring (bicyclic) bond motifs is 2. The van der Waals surface area contributed by atoms with E-state index in [0.29, 0.717) is 12.3 Å². The maximum Gasteiger partial charge on any atom is 0.394 e. The lowest BCUT2D eigenvalue weighted by Gasteiger charge is -2.35. The van der Waals surface area contributed by atoms with Gasteiger partial charge in [0, 0.05) is 0 Å². The van der Waals surface area contributed by atoms with Gasteiger partial charge in [-0.1, -0.05) is 19.9 Å². The van der Waals surface area contributed by atoms with E-state index in [1.165, 1.54) is 13.2 Å². The summed E-state index contributed by atoms with van der Waals surface area (Å²) in [5, 5.41) is 0. The van der Waals surface area contributed by atoms with Crippen LogP contribution in [0.1, 0.15) is 32.6 Å². The van der Waals surface area contributed by atoms with E-state index in [4.69, 9.17) is 0 Å². The second kappa shape index (κ2) is 4.68. The Morgan fingerprint density at radius 1 is 1.38 bits per heavy atom. The Balaban J connectivity index is 0.000000280. The van der Waals surface area contributed by atoms with E-state index in [-0.39, 0.29) is 5.92 Å². The molecule has 2 bridgehead atoms. The molecule has 4 heteroatoms. The molecular weight excluding hydrogens is 217 g/mol. The molecule has 0 aromatic rings. The molecule has 2 aliphatic carbocycles. The lowest BCUT2D eigenvalue weighted by atomic mass is 9.74. The van der Waals surface area contributed by atoms with Crippen LogP contribution in [-0.4, -0.2) is 13.3 Å². The fourth-order valence-electron chi connectivity index (χ4n) is 2.95. The molecule has 0 aliphatic heterocycles. The van der Waals surface area contributed by atoms with Crippen LogP contribution in [0.5, 0.6) is 0 Å². The minimum Gasteiger partial charge on any atom is -0.505 e. The first-order chi connectivity index (χ1) is 7.35. The molecule has 0 radical (unpaired) electrons. The molecule has 2 rings (SSSR count). The zero-order chi connectivity index (χ0) is 12.4. The fourth-order valence-corrected chi connectivity index (χ4v) is 2.95. The van der Waals surface area contributed by atoms with Gasteiger partial charge in [0.1, 0.15) is 0 Å². The molecule has 0 heterocycles. The summed E-state index contributed by atoms with van der Waals surface area (Å²) in [6.45, 7) is 4.66. The molecule has 0 saturated heterocycles. The van der Waals surface area contributed by atoms with Crippen molar-refractivity contribution in [3.63, 3.8) is 0 Å². The summed E-state index contributed by atoms with van der Waals surface area (Å²) >= 11 is 0. The van der Waals surface area contributed by atoms with Gasteiger partial charge in [-0.05, 0) is 31.1 Å². The van der Waals surface area contributed by atoms with Crippen LogP contribution >= 0.6 is 0 Å². The molecule has 2 saturated carbocycles. The highest BCUT2D eigenvalue weighted by Gasteiger charge is 2.61. The third-order valence-electron chi connectivity index (χ3n) is 3.97. The zero-order valence-corrected chi connectivity index (χ0v) is 9.81. The molecule has 2 fully saturated rings. The highest BCUT2D eigenvalue weighted by molar-refractivity contribution is 5.01. The molecule has 0 aromatic heterocycles. The van der Waals surface area contributed by atoms with Gasteiger partial charge in [0.25, 0.3) is 0 Å². The first-order valence-corrected chi connectivity index (χ1v) is 5.55. The van der Waals surface area contributed by atoms with Crippen LogP contribution in [0.4, 0.5) is 13.2 Å². The number of ether oxygens (including phenoxy) is 1. The van der Waals surface area contributed by atoms with Crippen molar-refractivity contribution < 1.29 is 17.9 Å². The van der Waals surface area contributed by atoms with E-state index in [1.807, 2.05) is 0 Å². The molecule has 2 aliphatic rings. The van der Waals surface area contributed by atoms with Crippen molar-refractivity contribution >= 4 is 0 Å². The first kappa shape index (κ1) is 13.4. The summed E-state index contributed by atoms with van der Waals surface area (Å²) in [7, 11) is 1.56. The van der Waals surface area contributed by atoms with Crippen molar-refractivity contribution in [1.82, 2.24) is 0 Å². The van der Waals surface area contributed by atoms with Crippen LogP contribution in [-0.2, 0) is 4.74 Å². The molecule has 0 aromatic carbocycles. The van der Waals surface area contributed by atoms with Gasteiger partial charge in [-0.3, -0.25) is 0 Å². The predicted molar refractivity (Wildman–Crippen MR) is 56.8 cm³/mol. The van der Waals surface area contributed by atoms with Gasteiger partial charge in [-0.15, -0.1) is 0 Å². The maximum absolute atomic E-state index is 12.6. The zero-order valence-electron chi connectivity index (χ0n) is 9.81. The third-order valence-corrected chi connectivity index (χ3v) is 3.97. The summed E-state index contributed by atoms with van der Waals surface area (Å²) < 4.78 is 42.1. The van der Waals surface area contributed by atoms with Crippen LogP contribution in [0.2, 0.25) is 0 Å². The van der Waals surface area contributed by atoms with Crippen molar-refractivity contribution in [2.24, 2.45) is 17.3 Å². The number of alkyl halides is 3. The fraction of sp³-hybridized carbons (Fsp3) is 0.833. The topological polar surface area (TPSA) is 9.23 Å².